The monoisotopic (exact) mass is 241 g/mol. The Morgan fingerprint density at radius 1 is 1.18 bits per heavy atom. The number of nitrogens with zero attached hydrogens (tertiary/aromatic N) is 1. The Bertz CT molecular complexity index is 706. The summed E-state index contributed by atoms with van der Waals surface area (Å²) in [4.78, 5) is 10.5. The van der Waals surface area contributed by atoms with Gasteiger partial charge in [0.15, 0.2) is 4.77 Å². The molecule has 0 fully saturated rings. The van der Waals surface area contributed by atoms with Crippen molar-refractivity contribution in [3.8, 4) is 0 Å². The standard InChI is InChI=1S/C13H11N3S/c17-13-15-8-10(16-13)7-9-3-1-5-12-11(9)4-2-6-14-12/h1-6,8H,7H2,(H2,15,16,17). The van der Waals surface area contributed by atoms with Crippen molar-refractivity contribution in [2.45, 2.75) is 6.42 Å². The van der Waals surface area contributed by atoms with Gasteiger partial charge in [-0.3, -0.25) is 4.98 Å². The van der Waals surface area contributed by atoms with E-state index in [0.29, 0.717) is 4.77 Å². The highest BCUT2D eigenvalue weighted by Crippen LogP contribution is 2.18. The van der Waals surface area contributed by atoms with E-state index in [4.69, 9.17) is 12.2 Å². The van der Waals surface area contributed by atoms with E-state index >= 15 is 0 Å². The highest BCUT2D eigenvalue weighted by Gasteiger charge is 2.03. The van der Waals surface area contributed by atoms with Crippen molar-refractivity contribution in [1.82, 2.24) is 15.0 Å². The predicted octanol–water partition coefficient (Wildman–Crippen LogP) is 3.21. The molecule has 84 valence electrons. The van der Waals surface area contributed by atoms with Crippen molar-refractivity contribution >= 4 is 23.1 Å². The second-order valence-corrected chi connectivity index (χ2v) is 4.34. The molecule has 1 aromatic carbocycles. The third-order valence-corrected chi connectivity index (χ3v) is 2.99. The molecule has 0 unspecified atom stereocenters. The fourth-order valence-electron chi connectivity index (χ4n) is 1.99. The van der Waals surface area contributed by atoms with Crippen LogP contribution in [0.25, 0.3) is 10.9 Å². The second-order valence-electron chi connectivity index (χ2n) is 3.93. The van der Waals surface area contributed by atoms with Gasteiger partial charge in [0.2, 0.25) is 0 Å². The molecule has 2 N–H and O–H groups in total. The minimum atomic E-state index is 0.665. The van der Waals surface area contributed by atoms with Gasteiger partial charge < -0.3 is 9.97 Å². The van der Waals surface area contributed by atoms with Crippen LogP contribution >= 0.6 is 12.2 Å². The molecule has 0 radical (unpaired) electrons. The van der Waals surface area contributed by atoms with Crippen LogP contribution in [0.15, 0.2) is 42.7 Å². The first-order chi connectivity index (χ1) is 8.33. The van der Waals surface area contributed by atoms with Crippen LogP contribution in [0, 0.1) is 4.77 Å². The van der Waals surface area contributed by atoms with Gasteiger partial charge in [-0.15, -0.1) is 0 Å². The Kier molecular flexibility index (Phi) is 2.49. The van der Waals surface area contributed by atoms with Crippen molar-refractivity contribution < 1.29 is 0 Å². The van der Waals surface area contributed by atoms with Crippen LogP contribution in [-0.2, 0) is 6.42 Å². The maximum Gasteiger partial charge on any atom is 0.174 e. The van der Waals surface area contributed by atoms with Gasteiger partial charge in [-0.25, -0.2) is 0 Å². The lowest BCUT2D eigenvalue weighted by Crippen LogP contribution is -1.90. The molecule has 0 bridgehead atoms. The molecule has 3 rings (SSSR count). The van der Waals surface area contributed by atoms with E-state index in [-0.39, 0.29) is 0 Å². The van der Waals surface area contributed by atoms with Crippen molar-refractivity contribution in [1.29, 1.82) is 0 Å². The van der Waals surface area contributed by atoms with Gasteiger partial charge in [0.25, 0.3) is 0 Å². The Balaban J connectivity index is 2.08. The Hall–Kier alpha value is -1.94. The van der Waals surface area contributed by atoms with Gasteiger partial charge >= 0.3 is 0 Å². The third-order valence-electron chi connectivity index (χ3n) is 2.77. The van der Waals surface area contributed by atoms with E-state index in [2.05, 4.69) is 27.1 Å². The highest BCUT2D eigenvalue weighted by molar-refractivity contribution is 7.71. The van der Waals surface area contributed by atoms with Crippen molar-refractivity contribution in [3.05, 3.63) is 58.8 Å². The van der Waals surface area contributed by atoms with Gasteiger partial charge in [0.1, 0.15) is 0 Å². The van der Waals surface area contributed by atoms with E-state index in [9.17, 15) is 0 Å². The second kappa shape index (κ2) is 4.14. The van der Waals surface area contributed by atoms with Crippen LogP contribution in [0.2, 0.25) is 0 Å². The van der Waals surface area contributed by atoms with Crippen LogP contribution in [0.5, 0.6) is 0 Å². The summed E-state index contributed by atoms with van der Waals surface area (Å²) in [5.41, 5.74) is 3.37. The van der Waals surface area contributed by atoms with E-state index < -0.39 is 0 Å². The van der Waals surface area contributed by atoms with Gasteiger partial charge in [0, 0.05) is 29.9 Å². The van der Waals surface area contributed by atoms with Crippen molar-refractivity contribution in [3.63, 3.8) is 0 Å². The van der Waals surface area contributed by atoms with Crippen LogP contribution in [0.4, 0.5) is 0 Å². The summed E-state index contributed by atoms with van der Waals surface area (Å²) in [6.07, 6.45) is 4.56. The quantitative estimate of drug-likeness (QED) is 0.677. The van der Waals surface area contributed by atoms with Gasteiger partial charge in [-0.1, -0.05) is 18.2 Å². The number of imidazole rings is 1. The zero-order valence-corrected chi connectivity index (χ0v) is 9.92. The van der Waals surface area contributed by atoms with Crippen molar-refractivity contribution in [2.24, 2.45) is 0 Å². The smallest absolute Gasteiger partial charge is 0.174 e. The lowest BCUT2D eigenvalue weighted by Gasteiger charge is -2.04. The average molecular weight is 241 g/mol. The summed E-state index contributed by atoms with van der Waals surface area (Å²) in [6, 6.07) is 10.2. The summed E-state index contributed by atoms with van der Waals surface area (Å²) < 4.78 is 0.665. The number of aromatic nitrogens is 3. The zero-order chi connectivity index (χ0) is 11.7. The first-order valence-corrected chi connectivity index (χ1v) is 5.83. The Labute approximate surface area is 104 Å². The van der Waals surface area contributed by atoms with E-state index in [1.165, 1.54) is 10.9 Å². The van der Waals surface area contributed by atoms with Gasteiger partial charge in [0.05, 0.1) is 5.52 Å². The molecule has 0 atom stereocenters. The zero-order valence-electron chi connectivity index (χ0n) is 9.10. The van der Waals surface area contributed by atoms with Crippen LogP contribution < -0.4 is 0 Å². The number of rotatable bonds is 2. The molecule has 3 nitrogen and oxygen atoms in total. The summed E-state index contributed by atoms with van der Waals surface area (Å²) >= 11 is 5.02. The summed E-state index contributed by atoms with van der Waals surface area (Å²) in [5.74, 6) is 0. The van der Waals surface area contributed by atoms with E-state index in [1.807, 2.05) is 30.6 Å². The average Bonchev–Trinajstić information content (AvgIpc) is 2.75. The number of fused-ring (bicyclic) bond motifs is 1. The molecular weight excluding hydrogens is 230 g/mol. The topological polar surface area (TPSA) is 44.5 Å². The number of H-pyrrole nitrogens is 2. The first-order valence-electron chi connectivity index (χ1n) is 5.42. The number of pyridine rings is 1. The molecule has 2 heterocycles. The minimum Gasteiger partial charge on any atom is -0.337 e. The van der Waals surface area contributed by atoms with Crippen LogP contribution in [0.3, 0.4) is 0 Å². The first kappa shape index (κ1) is 10.2. The fourth-order valence-corrected chi connectivity index (χ4v) is 2.18. The number of nitrogens with one attached hydrogen (secondary N) is 2. The molecule has 0 aliphatic carbocycles. The highest BCUT2D eigenvalue weighted by atomic mass is 32.1. The molecule has 0 aliphatic heterocycles. The molecule has 0 saturated heterocycles. The molecular formula is C13H11N3S. The third kappa shape index (κ3) is 1.99. The molecule has 0 amide bonds. The maximum atomic E-state index is 5.02. The van der Waals surface area contributed by atoms with Gasteiger partial charge in [-0.2, -0.15) is 0 Å². The number of aromatic amines is 2. The van der Waals surface area contributed by atoms with E-state index in [0.717, 1.165) is 17.6 Å². The SMILES string of the molecule is S=c1[nH]cc(Cc2cccc3ncccc23)[nH]1. The van der Waals surface area contributed by atoms with Gasteiger partial charge in [-0.05, 0) is 29.9 Å². The molecule has 3 aromatic rings. The molecule has 2 aromatic heterocycles. The Morgan fingerprint density at radius 2 is 2.12 bits per heavy atom. The Morgan fingerprint density at radius 3 is 2.94 bits per heavy atom. The summed E-state index contributed by atoms with van der Waals surface area (Å²) in [6.45, 7) is 0. The predicted molar refractivity (Wildman–Crippen MR) is 70.5 cm³/mol. The number of hydrogen-bond donors (Lipinski definition) is 2. The number of benzene rings is 1. The molecule has 4 heteroatoms. The fraction of sp³-hybridized carbons (Fsp3) is 0.0769. The molecule has 0 saturated carbocycles. The summed E-state index contributed by atoms with van der Waals surface area (Å²) in [7, 11) is 0. The lowest BCUT2D eigenvalue weighted by molar-refractivity contribution is 1.11. The molecule has 0 aliphatic rings. The largest absolute Gasteiger partial charge is 0.337 e. The lowest BCUT2D eigenvalue weighted by atomic mass is 10.0. The molecule has 0 spiro atoms. The van der Waals surface area contributed by atoms with Crippen molar-refractivity contribution in [2.75, 3.05) is 0 Å². The molecule has 17 heavy (non-hydrogen) atoms. The van der Waals surface area contributed by atoms with Crippen LogP contribution in [0.1, 0.15) is 11.3 Å². The summed E-state index contributed by atoms with van der Waals surface area (Å²) in [5, 5.41) is 1.19. The number of hydrogen-bond acceptors (Lipinski definition) is 2. The minimum absolute atomic E-state index is 0.665. The normalized spacial score (nSPS) is 10.8. The maximum absolute atomic E-state index is 5.02. The van der Waals surface area contributed by atoms with Crippen LogP contribution in [-0.4, -0.2) is 15.0 Å². The van der Waals surface area contributed by atoms with E-state index in [1.54, 1.807) is 0 Å².